The Bertz CT molecular complexity index is 1400. The Labute approximate surface area is 378 Å². The fraction of sp³-hybridized carbons (Fsp3) is 0.566. The third-order valence-electron chi connectivity index (χ3n) is 9.06. The number of carbonyl (C=O) groups is 1. The summed E-state index contributed by atoms with van der Waals surface area (Å²) in [5.74, 6) is -0.371. The van der Waals surface area contributed by atoms with Gasteiger partial charge < -0.3 is 20.1 Å². The lowest BCUT2D eigenvalue weighted by Crippen LogP contribution is -2.28. The van der Waals surface area contributed by atoms with E-state index < -0.39 is 13.9 Å². The molecule has 0 radical (unpaired) electrons. The van der Waals surface area contributed by atoms with Crippen LogP contribution in [0.1, 0.15) is 155 Å². The van der Waals surface area contributed by atoms with E-state index in [1.54, 1.807) is 0 Å². The maximum absolute atomic E-state index is 12.6. The number of phosphoric acid groups is 1. The van der Waals surface area contributed by atoms with Crippen molar-refractivity contribution in [2.75, 3.05) is 33.0 Å². The summed E-state index contributed by atoms with van der Waals surface area (Å²) in [5.41, 5.74) is 5.38. The Morgan fingerprint density at radius 2 is 0.855 bits per heavy atom. The van der Waals surface area contributed by atoms with Crippen LogP contribution in [0.25, 0.3) is 0 Å². The summed E-state index contributed by atoms with van der Waals surface area (Å²) in [6.45, 7) is 4.55. The van der Waals surface area contributed by atoms with E-state index in [0.717, 1.165) is 135 Å². The SMILES string of the molecule is CC/C=C\C/C=C\C/C=C\C/C=C\C/C=C\C/C=C\CCCCCCC(=O)OC(COCCCCCC/C=C\C/C=C\C/C=C\C/C=C\C/C=C\CC)COP(=O)(O)OCCN. The molecule has 62 heavy (non-hydrogen) atoms. The largest absolute Gasteiger partial charge is 0.472 e. The average molecular weight is 880 g/mol. The van der Waals surface area contributed by atoms with Crippen molar-refractivity contribution < 1.29 is 32.8 Å². The zero-order valence-electron chi connectivity index (χ0n) is 38.8. The van der Waals surface area contributed by atoms with E-state index in [9.17, 15) is 14.3 Å². The predicted molar refractivity (Wildman–Crippen MR) is 265 cm³/mol. The highest BCUT2D eigenvalue weighted by Crippen LogP contribution is 2.43. The first-order chi connectivity index (χ1) is 30.4. The average Bonchev–Trinajstić information content (AvgIpc) is 3.26. The lowest BCUT2D eigenvalue weighted by atomic mass is 10.1. The molecule has 0 spiro atoms. The van der Waals surface area contributed by atoms with Gasteiger partial charge in [0.25, 0.3) is 0 Å². The van der Waals surface area contributed by atoms with Crippen molar-refractivity contribution in [1.82, 2.24) is 0 Å². The summed E-state index contributed by atoms with van der Waals surface area (Å²) in [6.07, 6.45) is 69.0. The molecule has 0 aromatic rings. The van der Waals surface area contributed by atoms with Crippen LogP contribution in [0.15, 0.2) is 134 Å². The smallest absolute Gasteiger partial charge is 0.457 e. The zero-order chi connectivity index (χ0) is 45.1. The number of hydrogen-bond acceptors (Lipinski definition) is 7. The highest BCUT2D eigenvalue weighted by Gasteiger charge is 2.25. The van der Waals surface area contributed by atoms with Crippen LogP contribution < -0.4 is 5.73 Å². The highest BCUT2D eigenvalue weighted by molar-refractivity contribution is 7.47. The Morgan fingerprint density at radius 3 is 1.26 bits per heavy atom. The van der Waals surface area contributed by atoms with E-state index >= 15 is 0 Å². The first-order valence-corrected chi connectivity index (χ1v) is 25.2. The number of rotatable bonds is 43. The van der Waals surface area contributed by atoms with E-state index in [2.05, 4.69) is 148 Å². The Kier molecular flexibility index (Phi) is 46.0. The van der Waals surface area contributed by atoms with Gasteiger partial charge in [0, 0.05) is 19.6 Å². The monoisotopic (exact) mass is 880 g/mol. The highest BCUT2D eigenvalue weighted by atomic mass is 31.2. The minimum Gasteiger partial charge on any atom is -0.457 e. The molecule has 0 rings (SSSR count). The summed E-state index contributed by atoms with van der Waals surface area (Å²) in [6, 6.07) is 0. The van der Waals surface area contributed by atoms with Gasteiger partial charge >= 0.3 is 13.8 Å². The van der Waals surface area contributed by atoms with Gasteiger partial charge in [-0.1, -0.05) is 173 Å². The molecule has 0 aromatic carbocycles. The molecule has 0 aromatic heterocycles. The summed E-state index contributed by atoms with van der Waals surface area (Å²) >= 11 is 0. The topological polar surface area (TPSA) is 117 Å². The van der Waals surface area contributed by atoms with Crippen LogP contribution >= 0.6 is 7.82 Å². The number of phosphoric ester groups is 1. The Morgan fingerprint density at radius 1 is 0.484 bits per heavy atom. The van der Waals surface area contributed by atoms with Crippen LogP contribution in [0.5, 0.6) is 0 Å². The van der Waals surface area contributed by atoms with Crippen LogP contribution in [0.3, 0.4) is 0 Å². The molecule has 0 heterocycles. The number of hydrogen-bond donors (Lipinski definition) is 2. The second-order valence-electron chi connectivity index (χ2n) is 14.9. The van der Waals surface area contributed by atoms with Crippen molar-refractivity contribution in [1.29, 1.82) is 0 Å². The molecule has 0 aliphatic heterocycles. The van der Waals surface area contributed by atoms with Crippen LogP contribution in [-0.4, -0.2) is 49.9 Å². The molecule has 9 heteroatoms. The minimum absolute atomic E-state index is 0.0780. The molecule has 0 saturated heterocycles. The third-order valence-corrected chi connectivity index (χ3v) is 10.0. The third kappa shape index (κ3) is 47.7. The van der Waals surface area contributed by atoms with Gasteiger partial charge in [0.1, 0.15) is 6.10 Å². The lowest BCUT2D eigenvalue weighted by molar-refractivity contribution is -0.154. The van der Waals surface area contributed by atoms with Crippen molar-refractivity contribution in [2.24, 2.45) is 5.73 Å². The summed E-state index contributed by atoms with van der Waals surface area (Å²) < 4.78 is 33.5. The second-order valence-corrected chi connectivity index (χ2v) is 16.3. The summed E-state index contributed by atoms with van der Waals surface area (Å²) in [5, 5.41) is 0. The molecule has 8 nitrogen and oxygen atoms in total. The molecular formula is C53H86NO7P. The molecule has 0 aliphatic rings. The van der Waals surface area contributed by atoms with Gasteiger partial charge in [-0.25, -0.2) is 4.57 Å². The van der Waals surface area contributed by atoms with Gasteiger partial charge in [-0.05, 0) is 109 Å². The maximum Gasteiger partial charge on any atom is 0.472 e. The molecule has 2 atom stereocenters. The molecule has 350 valence electrons. The summed E-state index contributed by atoms with van der Waals surface area (Å²) in [7, 11) is -4.31. The van der Waals surface area contributed by atoms with Gasteiger partial charge in [0.15, 0.2) is 0 Å². The number of esters is 1. The van der Waals surface area contributed by atoms with Crippen molar-refractivity contribution in [2.45, 2.75) is 161 Å². The standard InChI is InChI=1S/C53H86NO7P/c1-3-5-7-9-11-13-15-17-19-21-23-25-26-27-28-30-32-34-36-38-40-42-44-46-53(55)61-52(51-60-62(56,57)59-49-47-54)50-58-48-45-43-41-39-37-35-33-31-29-24-22-20-18-16-14-12-10-8-6-4-2/h5-8,11-14,17-20,23-25,27-29,32-35,52H,3-4,9-10,15-16,21-22,26,30-31,36-51,54H2,1-2H3,(H,56,57)/b7-5-,8-6-,13-11-,14-12-,19-17-,20-18-,25-23-,28-27-,29-24-,34-32-,35-33-. The van der Waals surface area contributed by atoms with Gasteiger partial charge in [-0.15, -0.1) is 0 Å². The quantitative estimate of drug-likeness (QED) is 0.0269. The van der Waals surface area contributed by atoms with E-state index in [4.69, 9.17) is 24.3 Å². The van der Waals surface area contributed by atoms with Crippen molar-refractivity contribution >= 4 is 13.8 Å². The van der Waals surface area contributed by atoms with Gasteiger partial charge in [0.2, 0.25) is 0 Å². The molecule has 0 saturated carbocycles. The Balaban J connectivity index is 4.16. The van der Waals surface area contributed by atoms with Gasteiger partial charge in [-0.3, -0.25) is 13.8 Å². The first kappa shape index (κ1) is 58.6. The predicted octanol–water partition coefficient (Wildman–Crippen LogP) is 14.7. The molecule has 0 bridgehead atoms. The van der Waals surface area contributed by atoms with Gasteiger partial charge in [0.05, 0.1) is 19.8 Å². The van der Waals surface area contributed by atoms with Crippen LogP contribution in [0, 0.1) is 0 Å². The van der Waals surface area contributed by atoms with Crippen LogP contribution in [0.2, 0.25) is 0 Å². The number of nitrogens with two attached hydrogens (primary N) is 1. The van der Waals surface area contributed by atoms with Crippen molar-refractivity contribution in [3.05, 3.63) is 134 Å². The lowest BCUT2D eigenvalue weighted by Gasteiger charge is -2.20. The molecular weight excluding hydrogens is 794 g/mol. The minimum atomic E-state index is -4.31. The van der Waals surface area contributed by atoms with Crippen LogP contribution in [0.4, 0.5) is 0 Å². The van der Waals surface area contributed by atoms with Crippen molar-refractivity contribution in [3.8, 4) is 0 Å². The molecule has 2 unspecified atom stereocenters. The van der Waals surface area contributed by atoms with E-state index in [0.29, 0.717) is 6.61 Å². The number of allylic oxidation sites excluding steroid dienone is 22. The normalized spacial score (nSPS) is 14.6. The van der Waals surface area contributed by atoms with Crippen molar-refractivity contribution in [3.63, 3.8) is 0 Å². The summed E-state index contributed by atoms with van der Waals surface area (Å²) in [4.78, 5) is 22.6. The molecule has 0 aliphatic carbocycles. The van der Waals surface area contributed by atoms with E-state index in [1.807, 2.05) is 0 Å². The van der Waals surface area contributed by atoms with E-state index in [1.165, 1.54) is 0 Å². The van der Waals surface area contributed by atoms with Crippen LogP contribution in [-0.2, 0) is 27.9 Å². The maximum atomic E-state index is 12.6. The van der Waals surface area contributed by atoms with E-state index in [-0.39, 0.29) is 38.8 Å². The second kappa shape index (κ2) is 48.7. The fourth-order valence-electron chi connectivity index (χ4n) is 5.67. The zero-order valence-corrected chi connectivity index (χ0v) is 39.7. The number of ether oxygens (including phenoxy) is 2. The fourth-order valence-corrected chi connectivity index (χ4v) is 6.44. The first-order valence-electron chi connectivity index (χ1n) is 23.7. The number of unbranched alkanes of at least 4 members (excludes halogenated alkanes) is 8. The Hall–Kier alpha value is -3.36. The molecule has 3 N–H and O–H groups in total. The number of carbonyl (C=O) groups excluding carboxylic acids is 1. The van der Waals surface area contributed by atoms with Gasteiger partial charge in [-0.2, -0.15) is 0 Å². The molecule has 0 amide bonds. The molecule has 0 fully saturated rings.